The van der Waals surface area contributed by atoms with Gasteiger partial charge in [0.05, 0.1) is 13.2 Å². The minimum Gasteiger partial charge on any atom is -0.388 e. The maximum absolute atomic E-state index is 9.80. The monoisotopic (exact) mass is 372 g/mol. The molecule has 3 N–H and O–H groups in total. The van der Waals surface area contributed by atoms with Gasteiger partial charge >= 0.3 is 0 Å². The predicted octanol–water partition coefficient (Wildman–Crippen LogP) is 3.35. The highest BCUT2D eigenvalue weighted by molar-refractivity contribution is 4.86. The molecule has 1 aliphatic heterocycles. The molecule has 0 aromatic carbocycles. The van der Waals surface area contributed by atoms with Crippen molar-refractivity contribution in [2.45, 2.75) is 102 Å². The Balaban J connectivity index is 1.83. The Labute approximate surface area is 159 Å². The molecule has 26 heavy (non-hydrogen) atoms. The summed E-state index contributed by atoms with van der Waals surface area (Å²) in [5.41, 5.74) is 0. The van der Waals surface area contributed by atoms with Gasteiger partial charge in [-0.25, -0.2) is 0 Å². The van der Waals surface area contributed by atoms with Crippen molar-refractivity contribution in [3.05, 3.63) is 12.2 Å². The summed E-state index contributed by atoms with van der Waals surface area (Å²) in [7, 11) is 0. The van der Waals surface area contributed by atoms with Gasteiger partial charge in [-0.15, -0.1) is 0 Å². The fourth-order valence-electron chi connectivity index (χ4n) is 3.12. The van der Waals surface area contributed by atoms with E-state index in [0.29, 0.717) is 6.61 Å². The van der Waals surface area contributed by atoms with E-state index in [0.717, 1.165) is 12.8 Å². The Bertz CT molecular complexity index is 347. The van der Waals surface area contributed by atoms with Crippen LogP contribution in [0.3, 0.4) is 0 Å². The number of hydrogen-bond acceptors (Lipinski definition) is 5. The quantitative estimate of drug-likeness (QED) is 0.303. The lowest BCUT2D eigenvalue weighted by Gasteiger charge is -2.35. The van der Waals surface area contributed by atoms with Gasteiger partial charge in [-0.05, 0) is 25.7 Å². The molecule has 0 saturated carbocycles. The number of unbranched alkanes of at least 4 members (excludes halogenated alkanes) is 9. The molecule has 0 bridgehead atoms. The van der Waals surface area contributed by atoms with Crippen LogP contribution in [-0.4, -0.2) is 59.6 Å². The van der Waals surface area contributed by atoms with Crippen LogP contribution in [0.25, 0.3) is 0 Å². The van der Waals surface area contributed by atoms with Gasteiger partial charge in [0.25, 0.3) is 0 Å². The van der Waals surface area contributed by atoms with E-state index >= 15 is 0 Å². The molecule has 1 saturated heterocycles. The topological polar surface area (TPSA) is 79.2 Å². The van der Waals surface area contributed by atoms with Gasteiger partial charge < -0.3 is 24.8 Å². The standard InChI is InChI=1S/C21H40O5/c1-2-3-4-5-6-7-8-9-10-11-12-13-14-15-25-17-19-21(24)20(23)18(22)16-26-19/h5-6,18-24H,2-4,7-17H2,1H3/b6-5+/t18-,19+,20+,21+/m0/s1. The lowest BCUT2D eigenvalue weighted by Crippen LogP contribution is -2.54. The van der Waals surface area contributed by atoms with E-state index in [9.17, 15) is 15.3 Å². The maximum atomic E-state index is 9.80. The van der Waals surface area contributed by atoms with E-state index in [1.165, 1.54) is 57.8 Å². The summed E-state index contributed by atoms with van der Waals surface area (Å²) in [6, 6.07) is 0. The zero-order chi connectivity index (χ0) is 19.0. The van der Waals surface area contributed by atoms with Gasteiger partial charge in [0.2, 0.25) is 0 Å². The summed E-state index contributed by atoms with van der Waals surface area (Å²) in [5.74, 6) is 0. The number of ether oxygens (including phenoxy) is 2. The summed E-state index contributed by atoms with van der Waals surface area (Å²) < 4.78 is 10.8. The number of aliphatic hydroxyl groups is 3. The van der Waals surface area contributed by atoms with Gasteiger partial charge in [0.15, 0.2) is 0 Å². The summed E-state index contributed by atoms with van der Waals surface area (Å²) in [5, 5.41) is 28.8. The van der Waals surface area contributed by atoms with Crippen molar-refractivity contribution >= 4 is 0 Å². The molecule has 0 aliphatic carbocycles. The largest absolute Gasteiger partial charge is 0.388 e. The second-order valence-electron chi connectivity index (χ2n) is 7.37. The molecule has 0 radical (unpaired) electrons. The molecule has 5 nitrogen and oxygen atoms in total. The Morgan fingerprint density at radius 1 is 0.846 bits per heavy atom. The van der Waals surface area contributed by atoms with E-state index in [2.05, 4.69) is 19.1 Å². The van der Waals surface area contributed by atoms with E-state index in [4.69, 9.17) is 9.47 Å². The van der Waals surface area contributed by atoms with Gasteiger partial charge in [-0.3, -0.25) is 0 Å². The van der Waals surface area contributed by atoms with Gasteiger partial charge in [-0.1, -0.05) is 64.0 Å². The second kappa shape index (κ2) is 15.6. The fraction of sp³-hybridized carbons (Fsp3) is 0.905. The molecule has 5 heteroatoms. The van der Waals surface area contributed by atoms with Gasteiger partial charge in [0, 0.05) is 6.61 Å². The molecule has 0 spiro atoms. The Morgan fingerprint density at radius 2 is 1.46 bits per heavy atom. The first-order valence-corrected chi connectivity index (χ1v) is 10.5. The van der Waals surface area contributed by atoms with Crippen LogP contribution in [-0.2, 0) is 9.47 Å². The Hall–Kier alpha value is -0.460. The van der Waals surface area contributed by atoms with Crippen molar-refractivity contribution in [2.24, 2.45) is 0 Å². The average molecular weight is 373 g/mol. The molecular weight excluding hydrogens is 332 g/mol. The molecule has 0 aromatic heterocycles. The molecule has 154 valence electrons. The van der Waals surface area contributed by atoms with Crippen LogP contribution < -0.4 is 0 Å². The minimum atomic E-state index is -1.15. The average Bonchev–Trinajstić information content (AvgIpc) is 2.64. The third-order valence-corrected chi connectivity index (χ3v) is 4.94. The van der Waals surface area contributed by atoms with Crippen LogP contribution >= 0.6 is 0 Å². The molecule has 1 aliphatic rings. The van der Waals surface area contributed by atoms with E-state index in [-0.39, 0.29) is 13.2 Å². The van der Waals surface area contributed by atoms with Crippen molar-refractivity contribution in [3.8, 4) is 0 Å². The Morgan fingerprint density at radius 3 is 2.15 bits per heavy atom. The third kappa shape index (κ3) is 10.6. The zero-order valence-electron chi connectivity index (χ0n) is 16.5. The van der Waals surface area contributed by atoms with Crippen LogP contribution in [0.4, 0.5) is 0 Å². The molecule has 1 rings (SSSR count). The smallest absolute Gasteiger partial charge is 0.111 e. The van der Waals surface area contributed by atoms with E-state index in [1.807, 2.05) is 0 Å². The third-order valence-electron chi connectivity index (χ3n) is 4.94. The summed E-state index contributed by atoms with van der Waals surface area (Å²) in [6.07, 6.45) is 14.5. The van der Waals surface area contributed by atoms with E-state index < -0.39 is 24.4 Å². The van der Waals surface area contributed by atoms with Crippen molar-refractivity contribution < 1.29 is 24.8 Å². The fourth-order valence-corrected chi connectivity index (χ4v) is 3.12. The first kappa shape index (κ1) is 23.6. The van der Waals surface area contributed by atoms with Crippen molar-refractivity contribution in [3.63, 3.8) is 0 Å². The van der Waals surface area contributed by atoms with Crippen LogP contribution in [0, 0.1) is 0 Å². The zero-order valence-corrected chi connectivity index (χ0v) is 16.5. The highest BCUT2D eigenvalue weighted by Crippen LogP contribution is 2.16. The predicted molar refractivity (Wildman–Crippen MR) is 104 cm³/mol. The number of hydrogen-bond donors (Lipinski definition) is 3. The molecule has 0 unspecified atom stereocenters. The minimum absolute atomic E-state index is 0.0424. The summed E-state index contributed by atoms with van der Waals surface area (Å²) >= 11 is 0. The van der Waals surface area contributed by atoms with Crippen molar-refractivity contribution in [1.29, 1.82) is 0 Å². The van der Waals surface area contributed by atoms with Crippen LogP contribution in [0.1, 0.15) is 77.6 Å². The van der Waals surface area contributed by atoms with Crippen LogP contribution in [0.2, 0.25) is 0 Å². The Kier molecular flexibility index (Phi) is 14.1. The molecule has 0 amide bonds. The number of allylic oxidation sites excluding steroid dienone is 2. The van der Waals surface area contributed by atoms with Crippen molar-refractivity contribution in [1.82, 2.24) is 0 Å². The van der Waals surface area contributed by atoms with Gasteiger partial charge in [0.1, 0.15) is 24.4 Å². The molecule has 0 aromatic rings. The molecule has 1 heterocycles. The SMILES string of the molecule is CCCC/C=C/CCCCCCCCCOC[C@H]1OC[C@H](O)[C@@H](O)[C@@H]1O. The molecule has 1 fully saturated rings. The van der Waals surface area contributed by atoms with Crippen LogP contribution in [0.5, 0.6) is 0 Å². The first-order chi connectivity index (χ1) is 12.7. The number of aliphatic hydroxyl groups excluding tert-OH is 3. The maximum Gasteiger partial charge on any atom is 0.111 e. The van der Waals surface area contributed by atoms with Crippen LogP contribution in [0.15, 0.2) is 12.2 Å². The lowest BCUT2D eigenvalue weighted by molar-refractivity contribution is -0.199. The second-order valence-corrected chi connectivity index (χ2v) is 7.37. The van der Waals surface area contributed by atoms with Crippen molar-refractivity contribution in [2.75, 3.05) is 19.8 Å². The normalized spacial score (nSPS) is 26.6. The summed E-state index contributed by atoms with van der Waals surface area (Å²) in [6.45, 7) is 3.18. The van der Waals surface area contributed by atoms with Gasteiger partial charge in [-0.2, -0.15) is 0 Å². The highest BCUT2D eigenvalue weighted by Gasteiger charge is 2.37. The molecular formula is C21H40O5. The summed E-state index contributed by atoms with van der Waals surface area (Å²) in [4.78, 5) is 0. The molecule has 4 atom stereocenters. The lowest BCUT2D eigenvalue weighted by atomic mass is 10.0. The first-order valence-electron chi connectivity index (χ1n) is 10.5. The highest BCUT2D eigenvalue weighted by atomic mass is 16.6. The van der Waals surface area contributed by atoms with E-state index in [1.54, 1.807) is 0 Å². The number of rotatable bonds is 15.